The third-order valence-electron chi connectivity index (χ3n) is 5.25. The molecule has 146 valence electrons. The average Bonchev–Trinajstić information content (AvgIpc) is 3.22. The van der Waals surface area contributed by atoms with Gasteiger partial charge in [-0.15, -0.1) is 0 Å². The zero-order chi connectivity index (χ0) is 19.5. The zero-order valence-corrected chi connectivity index (χ0v) is 16.3. The minimum atomic E-state index is -0.284. The van der Waals surface area contributed by atoms with Gasteiger partial charge in [0.25, 0.3) is 11.5 Å². The summed E-state index contributed by atoms with van der Waals surface area (Å²) < 4.78 is 1.57. The van der Waals surface area contributed by atoms with Crippen LogP contribution in [0.25, 0.3) is 0 Å². The lowest BCUT2D eigenvalue weighted by Gasteiger charge is -2.31. The molecule has 1 aromatic heterocycles. The molecule has 2 amide bonds. The number of thioether (sulfide) groups is 1. The smallest absolute Gasteiger partial charge is 0.267 e. The molecular formula is C20H22N4O3S. The fraction of sp³-hybridized carbons (Fsp3) is 0.400. The first kappa shape index (κ1) is 18.7. The van der Waals surface area contributed by atoms with Crippen LogP contribution < -0.4 is 10.9 Å². The van der Waals surface area contributed by atoms with Gasteiger partial charge in [-0.25, -0.2) is 4.98 Å². The molecular weight excluding hydrogens is 376 g/mol. The monoisotopic (exact) mass is 398 g/mol. The number of fused-ring (bicyclic) bond motifs is 1. The number of carbonyl (C=O) groups is 2. The van der Waals surface area contributed by atoms with E-state index in [4.69, 9.17) is 0 Å². The average molecular weight is 398 g/mol. The number of carbonyl (C=O) groups excluding carboxylic acids is 2. The van der Waals surface area contributed by atoms with E-state index in [0.29, 0.717) is 44.2 Å². The van der Waals surface area contributed by atoms with Crippen molar-refractivity contribution in [3.63, 3.8) is 0 Å². The minimum Gasteiger partial charge on any atom is -0.352 e. The number of piperidine rings is 1. The summed E-state index contributed by atoms with van der Waals surface area (Å²) in [7, 11) is 0. The third kappa shape index (κ3) is 3.82. The molecule has 7 nitrogen and oxygen atoms in total. The number of nitrogens with one attached hydrogen (secondary N) is 1. The van der Waals surface area contributed by atoms with Gasteiger partial charge in [0.05, 0.1) is 0 Å². The molecule has 3 heterocycles. The zero-order valence-electron chi connectivity index (χ0n) is 15.5. The highest BCUT2D eigenvalue weighted by atomic mass is 32.2. The topological polar surface area (TPSA) is 84.3 Å². The third-order valence-corrected chi connectivity index (χ3v) is 6.22. The Labute approximate surface area is 167 Å². The lowest BCUT2D eigenvalue weighted by atomic mass is 9.95. The molecule has 2 aromatic rings. The van der Waals surface area contributed by atoms with Gasteiger partial charge in [0, 0.05) is 44.0 Å². The summed E-state index contributed by atoms with van der Waals surface area (Å²) in [5, 5.41) is 3.65. The standard InChI is InChI=1S/C20H22N4O3S/c25-17(21-12-14-4-2-1-3-5-14)15-6-8-23(9-7-15)18(26)16-13-22-20-24(19(16)27)10-11-28-20/h1-5,13,15H,6-12H2,(H,21,25). The van der Waals surface area contributed by atoms with Crippen LogP contribution in [0.15, 0.2) is 46.5 Å². The summed E-state index contributed by atoms with van der Waals surface area (Å²) in [5.74, 6) is 0.437. The van der Waals surface area contributed by atoms with Crippen LogP contribution in [0.4, 0.5) is 0 Å². The lowest BCUT2D eigenvalue weighted by Crippen LogP contribution is -2.44. The molecule has 0 atom stereocenters. The van der Waals surface area contributed by atoms with Gasteiger partial charge in [0.15, 0.2) is 5.16 Å². The van der Waals surface area contributed by atoms with Gasteiger partial charge in [0.2, 0.25) is 5.91 Å². The Morgan fingerprint density at radius 2 is 1.89 bits per heavy atom. The number of hydrogen-bond donors (Lipinski definition) is 1. The second kappa shape index (κ2) is 8.18. The quantitative estimate of drug-likeness (QED) is 0.790. The summed E-state index contributed by atoms with van der Waals surface area (Å²) in [4.78, 5) is 43.6. The van der Waals surface area contributed by atoms with Crippen LogP contribution in [0.1, 0.15) is 28.8 Å². The van der Waals surface area contributed by atoms with E-state index < -0.39 is 0 Å². The highest BCUT2D eigenvalue weighted by Gasteiger charge is 2.30. The first-order valence-electron chi connectivity index (χ1n) is 9.47. The molecule has 28 heavy (non-hydrogen) atoms. The summed E-state index contributed by atoms with van der Waals surface area (Å²) in [5.41, 5.74) is 0.923. The Hall–Kier alpha value is -2.61. The summed E-state index contributed by atoms with van der Waals surface area (Å²) in [6.45, 7) is 2.04. The molecule has 1 N–H and O–H groups in total. The van der Waals surface area contributed by atoms with Gasteiger partial charge >= 0.3 is 0 Å². The van der Waals surface area contributed by atoms with Gasteiger partial charge in [-0.3, -0.25) is 19.0 Å². The number of rotatable bonds is 4. The van der Waals surface area contributed by atoms with E-state index in [0.717, 1.165) is 11.3 Å². The minimum absolute atomic E-state index is 0.0206. The number of aromatic nitrogens is 2. The molecule has 1 fully saturated rings. The van der Waals surface area contributed by atoms with Crippen molar-refractivity contribution < 1.29 is 9.59 Å². The van der Waals surface area contributed by atoms with Crippen molar-refractivity contribution in [3.8, 4) is 0 Å². The van der Waals surface area contributed by atoms with Crippen LogP contribution in [0.3, 0.4) is 0 Å². The van der Waals surface area contributed by atoms with Crippen LogP contribution in [-0.2, 0) is 17.9 Å². The first-order chi connectivity index (χ1) is 13.6. The first-order valence-corrected chi connectivity index (χ1v) is 10.5. The molecule has 0 unspecified atom stereocenters. The number of likely N-dealkylation sites (tertiary alicyclic amines) is 1. The van der Waals surface area contributed by atoms with Crippen molar-refractivity contribution in [1.82, 2.24) is 19.8 Å². The second-order valence-corrected chi connectivity index (χ2v) is 8.09. The molecule has 0 spiro atoms. The summed E-state index contributed by atoms with van der Waals surface area (Å²) in [6, 6.07) is 9.78. The lowest BCUT2D eigenvalue weighted by molar-refractivity contribution is -0.126. The van der Waals surface area contributed by atoms with Crippen molar-refractivity contribution >= 4 is 23.6 Å². The van der Waals surface area contributed by atoms with Gasteiger partial charge in [-0.05, 0) is 18.4 Å². The fourth-order valence-electron chi connectivity index (χ4n) is 3.61. The Kier molecular flexibility index (Phi) is 5.47. The normalized spacial score (nSPS) is 16.6. The molecule has 0 aliphatic carbocycles. The highest BCUT2D eigenvalue weighted by Crippen LogP contribution is 2.22. The van der Waals surface area contributed by atoms with E-state index >= 15 is 0 Å². The molecule has 1 aromatic carbocycles. The molecule has 8 heteroatoms. The van der Waals surface area contributed by atoms with Gasteiger partial charge in [-0.2, -0.15) is 0 Å². The molecule has 0 radical (unpaired) electrons. The van der Waals surface area contributed by atoms with Gasteiger partial charge in [0.1, 0.15) is 5.56 Å². The predicted octanol–water partition coefficient (Wildman–Crippen LogP) is 1.52. The Balaban J connectivity index is 1.33. The van der Waals surface area contributed by atoms with Crippen molar-refractivity contribution in [1.29, 1.82) is 0 Å². The van der Waals surface area contributed by atoms with Crippen molar-refractivity contribution in [2.45, 2.75) is 31.1 Å². The number of amides is 2. The Morgan fingerprint density at radius 3 is 2.64 bits per heavy atom. The summed E-state index contributed by atoms with van der Waals surface area (Å²) in [6.07, 6.45) is 2.59. The van der Waals surface area contributed by atoms with Gasteiger partial charge < -0.3 is 10.2 Å². The molecule has 0 saturated carbocycles. The van der Waals surface area contributed by atoms with E-state index in [1.54, 1.807) is 9.47 Å². The number of nitrogens with zero attached hydrogens (tertiary/aromatic N) is 3. The van der Waals surface area contributed by atoms with Crippen molar-refractivity contribution in [2.24, 2.45) is 5.92 Å². The maximum Gasteiger partial charge on any atom is 0.267 e. The van der Waals surface area contributed by atoms with Crippen molar-refractivity contribution in [3.05, 3.63) is 58.0 Å². The van der Waals surface area contributed by atoms with E-state index in [9.17, 15) is 14.4 Å². The summed E-state index contributed by atoms with van der Waals surface area (Å²) >= 11 is 1.53. The molecule has 1 saturated heterocycles. The second-order valence-electron chi connectivity index (χ2n) is 7.03. The van der Waals surface area contributed by atoms with Crippen LogP contribution in [0.5, 0.6) is 0 Å². The molecule has 2 aliphatic heterocycles. The Bertz CT molecular complexity index is 936. The molecule has 2 aliphatic rings. The fourth-order valence-corrected chi connectivity index (χ4v) is 4.52. The number of hydrogen-bond acceptors (Lipinski definition) is 5. The van der Waals surface area contributed by atoms with Crippen LogP contribution in [0.2, 0.25) is 0 Å². The van der Waals surface area contributed by atoms with Crippen molar-refractivity contribution in [2.75, 3.05) is 18.8 Å². The highest BCUT2D eigenvalue weighted by molar-refractivity contribution is 7.99. The Morgan fingerprint density at radius 1 is 1.14 bits per heavy atom. The maximum atomic E-state index is 12.8. The van der Waals surface area contributed by atoms with E-state index in [2.05, 4.69) is 10.3 Å². The molecule has 4 rings (SSSR count). The van der Waals surface area contributed by atoms with Gasteiger partial charge in [-0.1, -0.05) is 42.1 Å². The SMILES string of the molecule is O=C(NCc1ccccc1)C1CCN(C(=O)c2cnc3n(c2=O)CCS3)CC1. The van der Waals surface area contributed by atoms with E-state index in [1.807, 2.05) is 30.3 Å². The van der Waals surface area contributed by atoms with Crippen LogP contribution in [0, 0.1) is 5.92 Å². The van der Waals surface area contributed by atoms with E-state index in [1.165, 1.54) is 18.0 Å². The van der Waals surface area contributed by atoms with E-state index in [-0.39, 0.29) is 28.9 Å². The predicted molar refractivity (Wildman–Crippen MR) is 106 cm³/mol. The maximum absolute atomic E-state index is 12.8. The van der Waals surface area contributed by atoms with Crippen LogP contribution in [-0.4, -0.2) is 45.1 Å². The molecule has 0 bridgehead atoms. The van der Waals surface area contributed by atoms with Crippen LogP contribution >= 0.6 is 11.8 Å². The number of benzene rings is 1. The largest absolute Gasteiger partial charge is 0.352 e.